The van der Waals surface area contributed by atoms with Crippen molar-refractivity contribution in [3.8, 4) is 0 Å². The molecule has 0 saturated carbocycles. The summed E-state index contributed by atoms with van der Waals surface area (Å²) in [7, 11) is 0. The minimum Gasteiger partial charge on any atom is -0.381 e. The minimum atomic E-state index is -0.526. The summed E-state index contributed by atoms with van der Waals surface area (Å²) >= 11 is 0. The highest BCUT2D eigenvalue weighted by Crippen LogP contribution is 2.31. The number of anilines is 1. The molecule has 4 N–H and O–H groups in total. The first-order valence-corrected chi connectivity index (χ1v) is 7.48. The molecule has 1 aliphatic heterocycles. The number of nitrogens with two attached hydrogens (primary N) is 1. The molecule has 0 bridgehead atoms. The fourth-order valence-electron chi connectivity index (χ4n) is 2.62. The molecule has 1 saturated heterocycles. The predicted molar refractivity (Wildman–Crippen MR) is 89.2 cm³/mol. The maximum absolute atomic E-state index is 12.5. The van der Waals surface area contributed by atoms with Crippen LogP contribution in [0.5, 0.6) is 0 Å². The van der Waals surface area contributed by atoms with Crippen molar-refractivity contribution in [3.05, 3.63) is 11.8 Å². The predicted octanol–water partition coefficient (Wildman–Crippen LogP) is 2.11. The van der Waals surface area contributed by atoms with E-state index in [0.717, 1.165) is 12.1 Å². The zero-order valence-electron chi connectivity index (χ0n) is 13.6. The minimum absolute atomic E-state index is 0. The third-order valence-corrected chi connectivity index (χ3v) is 3.92. The van der Waals surface area contributed by atoms with Gasteiger partial charge in [-0.1, -0.05) is 20.8 Å². The Morgan fingerprint density at radius 1 is 1.45 bits per heavy atom. The SMILES string of the molecule is CC(C)(C)Cc1cc(NC(=O)C2(CN)CCOCC2)n[nH]1.Cl. The van der Waals surface area contributed by atoms with E-state index in [9.17, 15) is 4.79 Å². The van der Waals surface area contributed by atoms with Crippen molar-refractivity contribution in [2.45, 2.75) is 40.0 Å². The number of rotatable bonds is 4. The van der Waals surface area contributed by atoms with Gasteiger partial charge in [-0.05, 0) is 24.7 Å². The van der Waals surface area contributed by atoms with Gasteiger partial charge in [0, 0.05) is 31.5 Å². The Labute approximate surface area is 138 Å². The number of carbonyl (C=O) groups is 1. The highest BCUT2D eigenvalue weighted by atomic mass is 35.5. The van der Waals surface area contributed by atoms with E-state index in [4.69, 9.17) is 10.5 Å². The van der Waals surface area contributed by atoms with Crippen LogP contribution in [-0.2, 0) is 16.0 Å². The van der Waals surface area contributed by atoms with Gasteiger partial charge in [-0.2, -0.15) is 5.10 Å². The average Bonchev–Trinajstić information content (AvgIpc) is 2.84. The van der Waals surface area contributed by atoms with Gasteiger partial charge in [-0.15, -0.1) is 12.4 Å². The number of H-pyrrole nitrogens is 1. The summed E-state index contributed by atoms with van der Waals surface area (Å²) in [6, 6.07) is 1.90. The van der Waals surface area contributed by atoms with Gasteiger partial charge >= 0.3 is 0 Å². The molecule has 0 spiro atoms. The van der Waals surface area contributed by atoms with Crippen LogP contribution in [0.3, 0.4) is 0 Å². The fraction of sp³-hybridized carbons (Fsp3) is 0.733. The first-order valence-electron chi connectivity index (χ1n) is 7.48. The van der Waals surface area contributed by atoms with Crippen LogP contribution < -0.4 is 11.1 Å². The lowest BCUT2D eigenvalue weighted by atomic mass is 9.79. The van der Waals surface area contributed by atoms with E-state index in [0.29, 0.717) is 38.4 Å². The Balaban J connectivity index is 0.00000242. The van der Waals surface area contributed by atoms with Gasteiger partial charge in [-0.25, -0.2) is 0 Å². The van der Waals surface area contributed by atoms with Gasteiger partial charge in [0.1, 0.15) is 0 Å². The van der Waals surface area contributed by atoms with E-state index in [1.165, 1.54) is 0 Å². The molecule has 1 fully saturated rings. The van der Waals surface area contributed by atoms with Crippen LogP contribution >= 0.6 is 12.4 Å². The molecule has 7 heteroatoms. The Morgan fingerprint density at radius 2 is 2.09 bits per heavy atom. The van der Waals surface area contributed by atoms with E-state index in [2.05, 4.69) is 36.3 Å². The van der Waals surface area contributed by atoms with E-state index < -0.39 is 5.41 Å². The Kier molecular flexibility index (Phi) is 6.40. The fourth-order valence-corrected chi connectivity index (χ4v) is 2.62. The molecule has 0 aromatic carbocycles. The topological polar surface area (TPSA) is 93.0 Å². The molecule has 0 atom stereocenters. The van der Waals surface area contributed by atoms with Gasteiger partial charge in [0.15, 0.2) is 5.82 Å². The van der Waals surface area contributed by atoms with Crippen LogP contribution in [0.1, 0.15) is 39.3 Å². The van der Waals surface area contributed by atoms with Crippen molar-refractivity contribution < 1.29 is 9.53 Å². The lowest BCUT2D eigenvalue weighted by molar-refractivity contribution is -0.130. The second kappa shape index (κ2) is 7.44. The molecule has 22 heavy (non-hydrogen) atoms. The largest absolute Gasteiger partial charge is 0.381 e. The molecular formula is C15H27ClN4O2. The number of ether oxygens (including phenoxy) is 1. The van der Waals surface area contributed by atoms with Gasteiger partial charge < -0.3 is 15.8 Å². The molecule has 1 aliphatic rings. The summed E-state index contributed by atoms with van der Waals surface area (Å²) in [6.07, 6.45) is 2.20. The zero-order chi connectivity index (χ0) is 15.5. The summed E-state index contributed by atoms with van der Waals surface area (Å²) in [5.74, 6) is 0.515. The first-order chi connectivity index (χ1) is 9.85. The molecular weight excluding hydrogens is 304 g/mol. The standard InChI is InChI=1S/C15H26N4O2.ClH/c1-14(2,3)9-11-8-12(19-18-11)17-13(20)15(10-16)4-6-21-7-5-15;/h8H,4-7,9-10,16H2,1-3H3,(H2,17,18,19,20);1H. The lowest BCUT2D eigenvalue weighted by Gasteiger charge is -2.34. The number of carbonyl (C=O) groups excluding carboxylic acids is 1. The third-order valence-electron chi connectivity index (χ3n) is 3.92. The Morgan fingerprint density at radius 3 is 2.64 bits per heavy atom. The summed E-state index contributed by atoms with van der Waals surface area (Å²) in [6.45, 7) is 8.00. The van der Waals surface area contributed by atoms with Crippen molar-refractivity contribution in [3.63, 3.8) is 0 Å². The summed E-state index contributed by atoms with van der Waals surface area (Å²) in [5, 5.41) is 10.0. The number of amides is 1. The highest BCUT2D eigenvalue weighted by Gasteiger charge is 2.39. The molecule has 126 valence electrons. The van der Waals surface area contributed by atoms with Crippen LogP contribution in [-0.4, -0.2) is 35.9 Å². The van der Waals surface area contributed by atoms with Crippen LogP contribution in [0.2, 0.25) is 0 Å². The van der Waals surface area contributed by atoms with Gasteiger partial charge in [0.05, 0.1) is 5.41 Å². The zero-order valence-corrected chi connectivity index (χ0v) is 14.4. The lowest BCUT2D eigenvalue weighted by Crippen LogP contribution is -2.46. The molecule has 1 aromatic heterocycles. The highest BCUT2D eigenvalue weighted by molar-refractivity contribution is 5.94. The van der Waals surface area contributed by atoms with Gasteiger partial charge in [0.2, 0.25) is 5.91 Å². The van der Waals surface area contributed by atoms with Crippen molar-refractivity contribution in [1.29, 1.82) is 0 Å². The molecule has 0 radical (unpaired) electrons. The molecule has 0 unspecified atom stereocenters. The smallest absolute Gasteiger partial charge is 0.233 e. The number of nitrogens with zero attached hydrogens (tertiary/aromatic N) is 1. The van der Waals surface area contributed by atoms with Crippen molar-refractivity contribution in [1.82, 2.24) is 10.2 Å². The summed E-state index contributed by atoms with van der Waals surface area (Å²) in [5.41, 5.74) is 6.50. The van der Waals surface area contributed by atoms with Gasteiger partial charge in [0.25, 0.3) is 0 Å². The monoisotopic (exact) mass is 330 g/mol. The van der Waals surface area contributed by atoms with Crippen LogP contribution in [0, 0.1) is 10.8 Å². The molecule has 1 aromatic rings. The third kappa shape index (κ3) is 4.69. The molecule has 0 aliphatic carbocycles. The quantitative estimate of drug-likeness (QED) is 0.788. The van der Waals surface area contributed by atoms with E-state index >= 15 is 0 Å². The Hall–Kier alpha value is -1.11. The number of aromatic nitrogens is 2. The summed E-state index contributed by atoms with van der Waals surface area (Å²) < 4.78 is 5.33. The number of halogens is 1. The first kappa shape index (κ1) is 18.9. The second-order valence-electron chi connectivity index (χ2n) is 7.07. The number of hydrogen-bond acceptors (Lipinski definition) is 4. The second-order valence-corrected chi connectivity index (χ2v) is 7.07. The molecule has 1 amide bonds. The number of hydrogen-bond donors (Lipinski definition) is 3. The van der Waals surface area contributed by atoms with Crippen LogP contribution in [0.15, 0.2) is 6.07 Å². The normalized spacial score (nSPS) is 17.6. The summed E-state index contributed by atoms with van der Waals surface area (Å²) in [4.78, 5) is 12.5. The maximum atomic E-state index is 12.5. The van der Waals surface area contributed by atoms with Crippen molar-refractivity contribution in [2.24, 2.45) is 16.6 Å². The van der Waals surface area contributed by atoms with E-state index in [1.54, 1.807) is 0 Å². The average molecular weight is 331 g/mol. The number of aromatic amines is 1. The van der Waals surface area contributed by atoms with Crippen molar-refractivity contribution >= 4 is 24.1 Å². The molecule has 2 rings (SSSR count). The Bertz CT molecular complexity index is 490. The van der Waals surface area contributed by atoms with Crippen molar-refractivity contribution in [2.75, 3.05) is 25.1 Å². The molecule has 2 heterocycles. The van der Waals surface area contributed by atoms with E-state index in [-0.39, 0.29) is 23.7 Å². The molecule has 6 nitrogen and oxygen atoms in total. The van der Waals surface area contributed by atoms with E-state index in [1.807, 2.05) is 6.07 Å². The van der Waals surface area contributed by atoms with Crippen LogP contribution in [0.4, 0.5) is 5.82 Å². The van der Waals surface area contributed by atoms with Crippen LogP contribution in [0.25, 0.3) is 0 Å². The maximum Gasteiger partial charge on any atom is 0.233 e. The van der Waals surface area contributed by atoms with Gasteiger partial charge in [-0.3, -0.25) is 9.89 Å². The number of nitrogens with one attached hydrogen (secondary N) is 2.